The van der Waals surface area contributed by atoms with Crippen LogP contribution < -0.4 is 49.1 Å². The number of amides is 7. The number of aromatic hydroxyl groups is 1. The van der Waals surface area contributed by atoms with Crippen LogP contribution in [0, 0.1) is 5.92 Å². The number of para-hydroxylation sites is 2. The number of hydrogen-bond acceptors (Lipinski definition) is 11. The Balaban J connectivity index is 1.22. The number of hydrogen-bond donors (Lipinski definition) is 13. The Morgan fingerprint density at radius 2 is 1.23 bits per heavy atom. The number of carboxylic acid groups (broad SMARTS) is 1. The molecule has 6 rings (SSSR count). The summed E-state index contributed by atoms with van der Waals surface area (Å²) in [6, 6.07) is 12.3. The molecule has 16 N–H and O–H groups in total. The number of aliphatic carboxylic acids is 1. The van der Waals surface area contributed by atoms with E-state index in [9.17, 15) is 48.6 Å². The van der Waals surface area contributed by atoms with Gasteiger partial charge in [-0.3, -0.25) is 38.6 Å². The zero-order valence-electron chi connectivity index (χ0n) is 44.9. The Labute approximate surface area is 458 Å². The number of aliphatic imine (C=N–C) groups is 1. The van der Waals surface area contributed by atoms with E-state index in [4.69, 9.17) is 17.2 Å². The van der Waals surface area contributed by atoms with Gasteiger partial charge in [0.2, 0.25) is 41.4 Å². The lowest BCUT2D eigenvalue weighted by molar-refractivity contribution is -0.143. The monoisotopic (exact) mass is 1090 g/mol. The van der Waals surface area contributed by atoms with E-state index in [0.29, 0.717) is 43.4 Å². The number of guanidine groups is 1. The third kappa shape index (κ3) is 16.8. The first-order valence-corrected chi connectivity index (χ1v) is 26.8. The number of benzene rings is 3. The maximum atomic E-state index is 14.7. The van der Waals surface area contributed by atoms with E-state index in [1.54, 1.807) is 31.5 Å². The zero-order chi connectivity index (χ0) is 57.2. The van der Waals surface area contributed by atoms with Crippen molar-refractivity contribution in [1.29, 1.82) is 0 Å². The predicted molar refractivity (Wildman–Crippen MR) is 298 cm³/mol. The van der Waals surface area contributed by atoms with Gasteiger partial charge < -0.3 is 74.2 Å². The van der Waals surface area contributed by atoms with Crippen molar-refractivity contribution in [3.8, 4) is 5.75 Å². The quantitative estimate of drug-likeness (QED) is 0.0184. The van der Waals surface area contributed by atoms with E-state index in [1.807, 2.05) is 55.5 Å². The second-order valence-corrected chi connectivity index (χ2v) is 20.1. The van der Waals surface area contributed by atoms with Crippen LogP contribution in [0.1, 0.15) is 88.8 Å². The Hall–Kier alpha value is -8.47. The van der Waals surface area contributed by atoms with E-state index >= 15 is 0 Å². The van der Waals surface area contributed by atoms with Gasteiger partial charge in [-0.1, -0.05) is 68.8 Å². The number of unbranched alkanes of at least 4 members (excludes halogenated alkanes) is 1. The SMILES string of the molecule is CC[C@H](C)[C@H](NC(=O)[C@H](Cc1ccc(O)cc1)NC(=O)[C@@H]1CCCN1C(=O)[C@H](CCCCN)NC(=O)[C@H](Cc1c[nH]c2ccccc12)NC(C)=O)C(=O)N[C@@H](Cc1c[nH]c2ccccc12)C(=O)N[C@@H](CCCN=C(N)N)C(=O)O. The second kappa shape index (κ2) is 28.8. The number of phenols is 1. The number of likely N-dealkylation sites (tertiary alicyclic amines) is 1. The lowest BCUT2D eigenvalue weighted by atomic mass is 9.96. The average molecular weight is 1090 g/mol. The number of aromatic nitrogens is 2. The lowest BCUT2D eigenvalue weighted by Gasteiger charge is -2.31. The van der Waals surface area contributed by atoms with Crippen molar-refractivity contribution >= 4 is 75.1 Å². The molecule has 23 nitrogen and oxygen atoms in total. The van der Waals surface area contributed by atoms with Crippen molar-refractivity contribution < 1.29 is 48.6 Å². The number of nitrogens with two attached hydrogens (primary N) is 3. The molecule has 3 aromatic carbocycles. The summed E-state index contributed by atoms with van der Waals surface area (Å²) in [6.07, 6.45) is 5.80. The van der Waals surface area contributed by atoms with Gasteiger partial charge in [0.05, 0.1) is 0 Å². The number of phenolic OH excluding ortho intramolecular Hbond substituents is 1. The molecule has 7 amide bonds. The van der Waals surface area contributed by atoms with Gasteiger partial charge in [0.1, 0.15) is 48.0 Å². The largest absolute Gasteiger partial charge is 0.508 e. The molecule has 8 atom stereocenters. The van der Waals surface area contributed by atoms with Crippen molar-refractivity contribution in [3.05, 3.63) is 102 Å². The molecule has 5 aromatic rings. The van der Waals surface area contributed by atoms with Gasteiger partial charge in [-0.05, 0) is 98.4 Å². The first-order chi connectivity index (χ1) is 37.9. The van der Waals surface area contributed by atoms with Crippen molar-refractivity contribution in [2.75, 3.05) is 19.6 Å². The molecule has 0 saturated carbocycles. The zero-order valence-corrected chi connectivity index (χ0v) is 44.9. The molecule has 79 heavy (non-hydrogen) atoms. The van der Waals surface area contributed by atoms with Gasteiger partial charge in [-0.25, -0.2) is 4.79 Å². The summed E-state index contributed by atoms with van der Waals surface area (Å²) in [4.78, 5) is 123. The standard InChI is InChI=1S/C56H75N13O10/c1-4-32(2)48(53(76)67-46(29-36-31-62-41-16-8-6-14-39(36)41)50(73)65-43(55(78)79)18-11-25-60-56(58)59)68-51(74)44(27-34-20-22-37(71)23-21-34)66-52(75)47-19-12-26-69(47)54(77)42(17-9-10-24-57)64-49(72)45(63-33(3)70)28-35-30-61-40-15-7-5-13-38(35)40/h5-8,13-16,20-23,30-32,42-48,61-62,71H,4,9-12,17-19,24-29,57H2,1-3H3,(H,63,70)(H,64,72)(H,65,73)(H,66,75)(H,67,76)(H,68,74)(H,78,79)(H4,58,59,60)/t32-,42-,43-,44-,45-,46-,47-,48-/m0/s1. The molecule has 424 valence electrons. The number of carbonyl (C=O) groups is 8. The first-order valence-electron chi connectivity index (χ1n) is 26.8. The molecule has 1 aliphatic rings. The summed E-state index contributed by atoms with van der Waals surface area (Å²) in [6.45, 7) is 5.45. The minimum absolute atomic E-state index is 0.0303. The summed E-state index contributed by atoms with van der Waals surface area (Å²) in [5.74, 6) is -6.63. The van der Waals surface area contributed by atoms with Crippen LogP contribution in [0.15, 0.2) is 90.2 Å². The number of H-pyrrole nitrogens is 2. The molecular formula is C56H75N13O10. The summed E-state index contributed by atoms with van der Waals surface area (Å²) >= 11 is 0. The van der Waals surface area contributed by atoms with E-state index in [2.05, 4.69) is 46.9 Å². The van der Waals surface area contributed by atoms with Crippen LogP contribution >= 0.6 is 0 Å². The van der Waals surface area contributed by atoms with Crippen LogP contribution in [-0.4, -0.2) is 140 Å². The molecule has 23 heteroatoms. The highest BCUT2D eigenvalue weighted by atomic mass is 16.4. The Bertz CT molecular complexity index is 2950. The Morgan fingerprint density at radius 1 is 0.684 bits per heavy atom. The third-order valence-electron chi connectivity index (χ3n) is 14.3. The number of rotatable bonds is 29. The predicted octanol–water partition coefficient (Wildman–Crippen LogP) is 1.62. The van der Waals surface area contributed by atoms with E-state index in [0.717, 1.165) is 27.4 Å². The average Bonchev–Trinajstić information content (AvgIpc) is 4.26. The van der Waals surface area contributed by atoms with Crippen molar-refractivity contribution in [2.45, 2.75) is 134 Å². The van der Waals surface area contributed by atoms with E-state index in [-0.39, 0.29) is 69.7 Å². The van der Waals surface area contributed by atoms with Gasteiger partial charge in [0.25, 0.3) is 0 Å². The summed E-state index contributed by atoms with van der Waals surface area (Å²) in [5, 5.41) is 38.5. The molecular weight excluding hydrogens is 1010 g/mol. The van der Waals surface area contributed by atoms with Crippen molar-refractivity contribution in [1.82, 2.24) is 46.8 Å². The molecule has 2 aromatic heterocycles. The third-order valence-corrected chi connectivity index (χ3v) is 14.3. The topological polar surface area (TPSA) is 374 Å². The molecule has 1 saturated heterocycles. The molecule has 1 aliphatic heterocycles. The molecule has 0 aliphatic carbocycles. The van der Waals surface area contributed by atoms with Gasteiger partial charge in [-0.15, -0.1) is 0 Å². The fourth-order valence-electron chi connectivity index (χ4n) is 9.83. The van der Waals surface area contributed by atoms with Crippen LogP contribution in [0.4, 0.5) is 0 Å². The number of aromatic amines is 2. The highest BCUT2D eigenvalue weighted by Crippen LogP contribution is 2.24. The maximum absolute atomic E-state index is 14.7. The highest BCUT2D eigenvalue weighted by molar-refractivity contribution is 5.98. The van der Waals surface area contributed by atoms with Crippen LogP contribution in [0.5, 0.6) is 5.75 Å². The van der Waals surface area contributed by atoms with Gasteiger partial charge in [-0.2, -0.15) is 0 Å². The summed E-state index contributed by atoms with van der Waals surface area (Å²) in [5.41, 5.74) is 20.3. The lowest BCUT2D eigenvalue weighted by Crippen LogP contribution is -2.61. The smallest absolute Gasteiger partial charge is 0.326 e. The fourth-order valence-corrected chi connectivity index (χ4v) is 9.83. The van der Waals surface area contributed by atoms with Crippen molar-refractivity contribution in [2.24, 2.45) is 28.1 Å². The van der Waals surface area contributed by atoms with Gasteiger partial charge >= 0.3 is 5.97 Å². The number of nitrogens with one attached hydrogen (secondary N) is 8. The molecule has 3 heterocycles. The van der Waals surface area contributed by atoms with Crippen molar-refractivity contribution in [3.63, 3.8) is 0 Å². The Kier molecular flexibility index (Phi) is 21.8. The first kappa shape index (κ1) is 59.8. The second-order valence-electron chi connectivity index (χ2n) is 20.1. The van der Waals surface area contributed by atoms with Crippen LogP contribution in [0.25, 0.3) is 21.8 Å². The molecule has 0 bridgehead atoms. The van der Waals surface area contributed by atoms with Gasteiger partial charge in [0.15, 0.2) is 5.96 Å². The molecule has 0 spiro atoms. The minimum Gasteiger partial charge on any atom is -0.508 e. The molecule has 1 fully saturated rings. The summed E-state index contributed by atoms with van der Waals surface area (Å²) < 4.78 is 0. The normalized spacial score (nSPS) is 15.8. The van der Waals surface area contributed by atoms with Crippen LogP contribution in [0.3, 0.4) is 0 Å². The highest BCUT2D eigenvalue weighted by Gasteiger charge is 2.41. The molecule has 0 unspecified atom stereocenters. The van der Waals surface area contributed by atoms with E-state index in [1.165, 1.54) is 24.0 Å². The Morgan fingerprint density at radius 3 is 1.80 bits per heavy atom. The number of nitrogens with zero attached hydrogens (tertiary/aromatic N) is 2. The fraction of sp³-hybridized carbons (Fsp3) is 0.446. The number of carbonyl (C=O) groups excluding carboxylic acids is 7. The molecule has 0 radical (unpaired) electrons. The number of fused-ring (bicyclic) bond motifs is 2. The maximum Gasteiger partial charge on any atom is 0.326 e. The van der Waals surface area contributed by atoms with Crippen LogP contribution in [0.2, 0.25) is 0 Å². The minimum atomic E-state index is -1.37. The number of carboxylic acids is 1. The van der Waals surface area contributed by atoms with E-state index < -0.39 is 95.5 Å². The summed E-state index contributed by atoms with van der Waals surface area (Å²) in [7, 11) is 0. The van der Waals surface area contributed by atoms with Gasteiger partial charge in [0, 0.05) is 73.5 Å². The van der Waals surface area contributed by atoms with Crippen LogP contribution in [-0.2, 0) is 57.6 Å².